The lowest BCUT2D eigenvalue weighted by molar-refractivity contribution is -0.138. The van der Waals surface area contributed by atoms with Crippen LogP contribution in [0.5, 0.6) is 0 Å². The minimum atomic E-state index is -0.890. The number of hydrogen-bond donors (Lipinski definition) is 1. The molecule has 1 unspecified atom stereocenters. The quantitative estimate of drug-likeness (QED) is 0.899. The second-order valence-electron chi connectivity index (χ2n) is 4.82. The minimum Gasteiger partial charge on any atom is -0.481 e. The zero-order valence-corrected chi connectivity index (χ0v) is 11.3. The fourth-order valence-corrected chi connectivity index (χ4v) is 2.23. The molecule has 0 amide bonds. The Morgan fingerprint density at radius 2 is 1.85 bits per heavy atom. The lowest BCUT2D eigenvalue weighted by atomic mass is 9.91. The van der Waals surface area contributed by atoms with Crippen LogP contribution >= 0.6 is 0 Å². The Kier molecular flexibility index (Phi) is 4.51. The minimum absolute atomic E-state index is 0.290. The molecule has 0 bridgehead atoms. The van der Waals surface area contributed by atoms with Gasteiger partial charge in [-0.25, -0.2) is 4.39 Å². The van der Waals surface area contributed by atoms with Crippen molar-refractivity contribution in [1.82, 2.24) is 0 Å². The molecule has 3 heteroatoms. The van der Waals surface area contributed by atoms with Gasteiger partial charge in [-0.3, -0.25) is 4.79 Å². The number of rotatable bonds is 5. The van der Waals surface area contributed by atoms with E-state index in [1.807, 2.05) is 24.3 Å². The predicted molar refractivity (Wildman–Crippen MR) is 76.3 cm³/mol. The van der Waals surface area contributed by atoms with Crippen molar-refractivity contribution in [2.75, 3.05) is 0 Å². The van der Waals surface area contributed by atoms with Gasteiger partial charge in [0.1, 0.15) is 5.82 Å². The number of carboxylic acids is 1. The molecule has 0 saturated carbocycles. The van der Waals surface area contributed by atoms with E-state index < -0.39 is 11.9 Å². The maximum Gasteiger partial charge on any atom is 0.311 e. The summed E-state index contributed by atoms with van der Waals surface area (Å²) in [7, 11) is 0. The van der Waals surface area contributed by atoms with Crippen LogP contribution in [-0.4, -0.2) is 11.1 Å². The first-order valence-electron chi connectivity index (χ1n) is 6.66. The first-order valence-corrected chi connectivity index (χ1v) is 6.66. The number of carboxylic acid groups (broad SMARTS) is 1. The first kappa shape index (κ1) is 14.3. The Morgan fingerprint density at radius 1 is 1.15 bits per heavy atom. The van der Waals surface area contributed by atoms with Gasteiger partial charge < -0.3 is 5.11 Å². The summed E-state index contributed by atoms with van der Waals surface area (Å²) in [6.45, 7) is 2.05. The van der Waals surface area contributed by atoms with Crippen molar-refractivity contribution in [2.24, 2.45) is 0 Å². The van der Waals surface area contributed by atoms with Gasteiger partial charge in [-0.15, -0.1) is 0 Å². The predicted octanol–water partition coefficient (Wildman–Crippen LogP) is 3.80. The number of aryl methyl sites for hydroxylation is 1. The van der Waals surface area contributed by atoms with Gasteiger partial charge >= 0.3 is 5.97 Å². The molecular weight excluding hydrogens is 255 g/mol. The second-order valence-corrected chi connectivity index (χ2v) is 4.82. The Labute approximate surface area is 117 Å². The third-order valence-corrected chi connectivity index (χ3v) is 3.42. The molecule has 20 heavy (non-hydrogen) atoms. The topological polar surface area (TPSA) is 37.3 Å². The van der Waals surface area contributed by atoms with E-state index >= 15 is 0 Å². The summed E-state index contributed by atoms with van der Waals surface area (Å²) in [4.78, 5) is 11.4. The van der Waals surface area contributed by atoms with Gasteiger partial charge in [0, 0.05) is 0 Å². The molecule has 0 spiro atoms. The Morgan fingerprint density at radius 3 is 2.40 bits per heavy atom. The van der Waals surface area contributed by atoms with Crippen molar-refractivity contribution in [1.29, 1.82) is 0 Å². The van der Waals surface area contributed by atoms with Crippen molar-refractivity contribution >= 4 is 5.97 Å². The SMILES string of the molecule is CCc1ccc(C(Cc2cccc(F)c2)C(=O)O)cc1. The van der Waals surface area contributed by atoms with Gasteiger partial charge in [0.05, 0.1) is 5.92 Å². The molecular formula is C17H17FO2. The number of benzene rings is 2. The molecule has 2 aromatic rings. The summed E-state index contributed by atoms with van der Waals surface area (Å²) in [5.74, 6) is -1.88. The van der Waals surface area contributed by atoms with E-state index in [-0.39, 0.29) is 5.82 Å². The fourth-order valence-electron chi connectivity index (χ4n) is 2.23. The van der Waals surface area contributed by atoms with Crippen LogP contribution in [0.1, 0.15) is 29.5 Å². The zero-order chi connectivity index (χ0) is 14.5. The van der Waals surface area contributed by atoms with Crippen LogP contribution < -0.4 is 0 Å². The maximum atomic E-state index is 13.2. The monoisotopic (exact) mass is 272 g/mol. The number of hydrogen-bond acceptors (Lipinski definition) is 1. The summed E-state index contributed by atoms with van der Waals surface area (Å²) >= 11 is 0. The molecule has 1 atom stereocenters. The average Bonchev–Trinajstić information content (AvgIpc) is 2.45. The standard InChI is InChI=1S/C17H17FO2/c1-2-12-6-8-14(9-7-12)16(17(19)20)11-13-4-3-5-15(18)10-13/h3-10,16H,2,11H2,1H3,(H,19,20). The number of carbonyl (C=O) groups is 1. The van der Waals surface area contributed by atoms with Gasteiger partial charge in [-0.05, 0) is 41.7 Å². The normalized spacial score (nSPS) is 12.1. The summed E-state index contributed by atoms with van der Waals surface area (Å²) < 4.78 is 13.2. The highest BCUT2D eigenvalue weighted by Gasteiger charge is 2.20. The first-order chi connectivity index (χ1) is 9.60. The largest absolute Gasteiger partial charge is 0.481 e. The van der Waals surface area contributed by atoms with Gasteiger partial charge in [0.2, 0.25) is 0 Å². The highest BCUT2D eigenvalue weighted by Crippen LogP contribution is 2.22. The van der Waals surface area contributed by atoms with Crippen molar-refractivity contribution in [3.8, 4) is 0 Å². The molecule has 2 aromatic carbocycles. The molecule has 104 valence electrons. The van der Waals surface area contributed by atoms with E-state index in [0.717, 1.165) is 12.0 Å². The summed E-state index contributed by atoms with van der Waals surface area (Å²) in [5.41, 5.74) is 2.61. The molecule has 1 N–H and O–H groups in total. The fraction of sp³-hybridized carbons (Fsp3) is 0.235. The molecule has 0 aliphatic carbocycles. The lowest BCUT2D eigenvalue weighted by Crippen LogP contribution is -2.14. The third-order valence-electron chi connectivity index (χ3n) is 3.42. The summed E-state index contributed by atoms with van der Waals surface area (Å²) in [6, 6.07) is 13.7. The highest BCUT2D eigenvalue weighted by atomic mass is 19.1. The molecule has 2 nitrogen and oxygen atoms in total. The van der Waals surface area contributed by atoms with E-state index in [2.05, 4.69) is 6.92 Å². The van der Waals surface area contributed by atoms with Gasteiger partial charge in [-0.2, -0.15) is 0 Å². The van der Waals surface area contributed by atoms with Crippen molar-refractivity contribution in [3.63, 3.8) is 0 Å². The molecule has 0 heterocycles. The van der Waals surface area contributed by atoms with E-state index in [4.69, 9.17) is 0 Å². The summed E-state index contributed by atoms with van der Waals surface area (Å²) in [5, 5.41) is 9.39. The Hall–Kier alpha value is -2.16. The third kappa shape index (κ3) is 3.44. The van der Waals surface area contributed by atoms with E-state index in [0.29, 0.717) is 12.0 Å². The van der Waals surface area contributed by atoms with Crippen LogP contribution in [0.25, 0.3) is 0 Å². The molecule has 2 rings (SSSR count). The van der Waals surface area contributed by atoms with Crippen LogP contribution in [0, 0.1) is 5.82 Å². The van der Waals surface area contributed by atoms with E-state index in [1.54, 1.807) is 12.1 Å². The maximum absolute atomic E-state index is 13.2. The van der Waals surface area contributed by atoms with Gasteiger partial charge in [0.25, 0.3) is 0 Å². The molecule has 0 radical (unpaired) electrons. The van der Waals surface area contributed by atoms with Crippen LogP contribution in [0.15, 0.2) is 48.5 Å². The highest BCUT2D eigenvalue weighted by molar-refractivity contribution is 5.76. The average molecular weight is 272 g/mol. The lowest BCUT2D eigenvalue weighted by Gasteiger charge is -2.13. The molecule has 0 fully saturated rings. The van der Waals surface area contributed by atoms with Gasteiger partial charge in [0.15, 0.2) is 0 Å². The van der Waals surface area contributed by atoms with Crippen molar-refractivity contribution < 1.29 is 14.3 Å². The Bertz CT molecular complexity index is 590. The molecule has 0 saturated heterocycles. The smallest absolute Gasteiger partial charge is 0.311 e. The molecule has 0 aliphatic heterocycles. The zero-order valence-electron chi connectivity index (χ0n) is 11.3. The number of halogens is 1. The Balaban J connectivity index is 2.24. The van der Waals surface area contributed by atoms with E-state index in [1.165, 1.54) is 17.7 Å². The van der Waals surface area contributed by atoms with Crippen LogP contribution in [0.4, 0.5) is 4.39 Å². The van der Waals surface area contributed by atoms with Crippen molar-refractivity contribution in [3.05, 3.63) is 71.0 Å². The van der Waals surface area contributed by atoms with Crippen LogP contribution in [-0.2, 0) is 17.6 Å². The summed E-state index contributed by atoms with van der Waals surface area (Å²) in [6.07, 6.45) is 1.21. The second kappa shape index (κ2) is 6.33. The number of aliphatic carboxylic acids is 1. The van der Waals surface area contributed by atoms with Crippen LogP contribution in [0.2, 0.25) is 0 Å². The van der Waals surface area contributed by atoms with Gasteiger partial charge in [-0.1, -0.05) is 43.3 Å². The van der Waals surface area contributed by atoms with Crippen LogP contribution in [0.3, 0.4) is 0 Å². The van der Waals surface area contributed by atoms with E-state index in [9.17, 15) is 14.3 Å². The molecule has 0 aromatic heterocycles. The molecule has 0 aliphatic rings. The van der Waals surface area contributed by atoms with Crippen molar-refractivity contribution in [2.45, 2.75) is 25.7 Å².